The first kappa shape index (κ1) is 36.3. The van der Waals surface area contributed by atoms with Crippen LogP contribution in [0.2, 0.25) is 5.02 Å². The summed E-state index contributed by atoms with van der Waals surface area (Å²) in [5.74, 6) is 0.951. The number of benzene rings is 4. The minimum atomic E-state index is -0.198. The summed E-state index contributed by atoms with van der Waals surface area (Å²) in [4.78, 5) is 37.6. The molecule has 0 spiro atoms. The highest BCUT2D eigenvalue weighted by atomic mass is 35.5. The van der Waals surface area contributed by atoms with Crippen LogP contribution in [0.1, 0.15) is 27.3 Å². The van der Waals surface area contributed by atoms with Crippen LogP contribution in [0.4, 0.5) is 17.3 Å². The zero-order valence-electron chi connectivity index (χ0n) is 30.6. The molecule has 278 valence electrons. The van der Waals surface area contributed by atoms with E-state index in [0.29, 0.717) is 34.5 Å². The fourth-order valence-corrected chi connectivity index (χ4v) is 6.73. The lowest BCUT2D eigenvalue weighted by atomic mass is 10.1. The Morgan fingerprint density at radius 1 is 0.732 bits per heavy atom. The van der Waals surface area contributed by atoms with Gasteiger partial charge in [-0.15, -0.1) is 0 Å². The van der Waals surface area contributed by atoms with E-state index in [-0.39, 0.29) is 5.91 Å². The van der Waals surface area contributed by atoms with Crippen molar-refractivity contribution in [2.45, 2.75) is 20.0 Å². The number of carbonyl (C=O) groups is 1. The number of para-hydroxylation sites is 1. The van der Waals surface area contributed by atoms with Crippen LogP contribution in [0.25, 0.3) is 44.3 Å². The van der Waals surface area contributed by atoms with Crippen LogP contribution < -0.4 is 21.3 Å². The Labute approximate surface area is 328 Å². The molecule has 8 aromatic rings. The van der Waals surface area contributed by atoms with E-state index in [0.717, 1.165) is 75.3 Å². The van der Waals surface area contributed by atoms with Gasteiger partial charge in [-0.05, 0) is 66.6 Å². The van der Waals surface area contributed by atoms with E-state index < -0.39 is 0 Å². The number of halogens is 1. The number of hydrogen-bond donors (Lipinski definition) is 6. The van der Waals surface area contributed by atoms with E-state index in [4.69, 9.17) is 16.6 Å². The number of carbonyl (C=O) groups excluding carboxylic acids is 1. The molecule has 0 atom stereocenters. The zero-order valence-corrected chi connectivity index (χ0v) is 31.4. The molecule has 4 heterocycles. The Balaban J connectivity index is 0.774. The number of hydrogen-bond acceptors (Lipinski definition) is 8. The van der Waals surface area contributed by atoms with Crippen molar-refractivity contribution in [2.75, 3.05) is 23.7 Å². The van der Waals surface area contributed by atoms with Crippen molar-refractivity contribution in [3.63, 3.8) is 0 Å². The Kier molecular flexibility index (Phi) is 10.9. The molecule has 0 saturated heterocycles. The van der Waals surface area contributed by atoms with Crippen LogP contribution in [0.5, 0.6) is 0 Å². The molecular weight excluding hydrogens is 720 g/mol. The highest BCUT2D eigenvalue weighted by Crippen LogP contribution is 2.33. The van der Waals surface area contributed by atoms with Crippen molar-refractivity contribution in [1.29, 1.82) is 0 Å². The summed E-state index contributed by atoms with van der Waals surface area (Å²) in [6.07, 6.45) is 11.5. The Bertz CT molecular complexity index is 2670. The topological polar surface area (TPSA) is 148 Å². The number of anilines is 3. The van der Waals surface area contributed by atoms with Crippen LogP contribution in [-0.4, -0.2) is 48.9 Å². The molecule has 6 N–H and O–H groups in total. The van der Waals surface area contributed by atoms with E-state index in [1.807, 2.05) is 98.2 Å². The molecule has 1 amide bonds. The average Bonchev–Trinajstić information content (AvgIpc) is 3.85. The first-order valence-electron chi connectivity index (χ1n) is 18.3. The van der Waals surface area contributed by atoms with Crippen molar-refractivity contribution >= 4 is 56.6 Å². The summed E-state index contributed by atoms with van der Waals surface area (Å²) in [5.41, 5.74) is 9.83. The van der Waals surface area contributed by atoms with E-state index >= 15 is 0 Å². The molecule has 0 aliphatic rings. The van der Waals surface area contributed by atoms with Gasteiger partial charge in [0.2, 0.25) is 5.95 Å². The average molecular weight is 759 g/mol. The van der Waals surface area contributed by atoms with Gasteiger partial charge in [0.25, 0.3) is 5.91 Å². The van der Waals surface area contributed by atoms with Crippen LogP contribution in [0.3, 0.4) is 0 Å². The third-order valence-electron chi connectivity index (χ3n) is 9.33. The van der Waals surface area contributed by atoms with Crippen LogP contribution >= 0.6 is 11.6 Å². The highest BCUT2D eigenvalue weighted by molar-refractivity contribution is 6.33. The van der Waals surface area contributed by atoms with Gasteiger partial charge < -0.3 is 31.2 Å². The SMILES string of the molecule is Cc1nccc(-c2c[nH]c3cc(CNCC=CCNCc4ccc(C(=O)Nc5cccc(Nc6ncc(Cl)c(-c7c[nH]c8ccccc78)n6)c5)cc4)ccc23)n1. The molecule has 0 aliphatic carbocycles. The maximum absolute atomic E-state index is 13.1. The van der Waals surface area contributed by atoms with Gasteiger partial charge in [0, 0.05) is 94.6 Å². The molecule has 4 aromatic carbocycles. The maximum Gasteiger partial charge on any atom is 0.255 e. The van der Waals surface area contributed by atoms with Gasteiger partial charge in [-0.3, -0.25) is 4.79 Å². The predicted octanol–water partition coefficient (Wildman–Crippen LogP) is 8.96. The van der Waals surface area contributed by atoms with Crippen LogP contribution in [-0.2, 0) is 13.1 Å². The van der Waals surface area contributed by atoms with Crippen molar-refractivity contribution in [3.05, 3.63) is 162 Å². The van der Waals surface area contributed by atoms with Crippen LogP contribution in [0.15, 0.2) is 134 Å². The predicted molar refractivity (Wildman–Crippen MR) is 225 cm³/mol. The first-order chi connectivity index (χ1) is 27.5. The summed E-state index contributed by atoms with van der Waals surface area (Å²) < 4.78 is 0. The van der Waals surface area contributed by atoms with Gasteiger partial charge in [0.05, 0.1) is 22.6 Å². The molecule has 0 unspecified atom stereocenters. The monoisotopic (exact) mass is 758 g/mol. The number of fused-ring (bicyclic) bond motifs is 2. The summed E-state index contributed by atoms with van der Waals surface area (Å²) in [6.45, 7) is 4.86. The number of aryl methyl sites for hydroxylation is 1. The number of nitrogens with one attached hydrogen (secondary N) is 6. The molecule has 12 heteroatoms. The minimum Gasteiger partial charge on any atom is -0.360 e. The highest BCUT2D eigenvalue weighted by Gasteiger charge is 2.14. The molecule has 8 rings (SSSR count). The quantitative estimate of drug-likeness (QED) is 0.0476. The van der Waals surface area contributed by atoms with Gasteiger partial charge in [0.1, 0.15) is 5.82 Å². The summed E-state index contributed by atoms with van der Waals surface area (Å²) in [6, 6.07) is 31.4. The van der Waals surface area contributed by atoms with E-state index in [2.05, 4.69) is 76.5 Å². The molecule has 0 fully saturated rings. The van der Waals surface area contributed by atoms with E-state index in [1.165, 1.54) is 5.56 Å². The second kappa shape index (κ2) is 16.8. The van der Waals surface area contributed by atoms with Crippen molar-refractivity contribution in [2.24, 2.45) is 0 Å². The summed E-state index contributed by atoms with van der Waals surface area (Å²) >= 11 is 6.51. The normalized spacial score (nSPS) is 11.5. The van der Waals surface area contributed by atoms with E-state index in [1.54, 1.807) is 12.4 Å². The molecule has 0 bridgehead atoms. The second-order valence-corrected chi connectivity index (χ2v) is 13.7. The van der Waals surface area contributed by atoms with Crippen molar-refractivity contribution in [3.8, 4) is 22.5 Å². The summed E-state index contributed by atoms with van der Waals surface area (Å²) in [5, 5.41) is 15.8. The van der Waals surface area contributed by atoms with E-state index in [9.17, 15) is 4.79 Å². The fraction of sp³-hybridized carbons (Fsp3) is 0.114. The van der Waals surface area contributed by atoms with Gasteiger partial charge in [-0.1, -0.05) is 72.3 Å². The van der Waals surface area contributed by atoms with Gasteiger partial charge >= 0.3 is 0 Å². The minimum absolute atomic E-state index is 0.198. The Hall–Kier alpha value is -6.66. The largest absolute Gasteiger partial charge is 0.360 e. The Morgan fingerprint density at radius 3 is 2.30 bits per heavy atom. The van der Waals surface area contributed by atoms with Gasteiger partial charge in [-0.25, -0.2) is 19.9 Å². The third kappa shape index (κ3) is 8.50. The number of nitrogens with zero attached hydrogens (tertiary/aromatic N) is 4. The summed E-state index contributed by atoms with van der Waals surface area (Å²) in [7, 11) is 0. The molecule has 0 saturated carbocycles. The van der Waals surface area contributed by atoms with Crippen molar-refractivity contribution in [1.82, 2.24) is 40.5 Å². The molecule has 0 aliphatic heterocycles. The van der Waals surface area contributed by atoms with Crippen molar-refractivity contribution < 1.29 is 4.79 Å². The standard InChI is InChI=1S/C44H39ClN10O/c1-28-48-20-17-40(52-28)36-25-50-41-21-30(13-16-35(36)41)24-47-19-5-4-18-46-23-29-11-14-31(15-12-29)43(56)53-32-7-6-8-33(22-32)54-44-51-27-38(45)42(55-44)37-26-49-39-10-3-2-9-34(37)39/h2-17,20-22,25-27,46-47,49-50H,18-19,23-24H2,1H3,(H,53,56)(H,51,54,55). The maximum atomic E-state index is 13.1. The lowest BCUT2D eigenvalue weighted by Gasteiger charge is -2.10. The molecular formula is C44H39ClN10O. The number of aromatic amines is 2. The zero-order chi connectivity index (χ0) is 38.3. The first-order valence-corrected chi connectivity index (χ1v) is 18.7. The lowest BCUT2D eigenvalue weighted by molar-refractivity contribution is 0.102. The van der Waals surface area contributed by atoms with Crippen LogP contribution in [0, 0.1) is 6.92 Å². The smallest absolute Gasteiger partial charge is 0.255 e. The molecule has 4 aromatic heterocycles. The number of H-pyrrole nitrogens is 2. The third-order valence-corrected chi connectivity index (χ3v) is 9.61. The Morgan fingerprint density at radius 2 is 1.46 bits per heavy atom. The molecule has 11 nitrogen and oxygen atoms in total. The fourth-order valence-electron chi connectivity index (χ4n) is 6.53. The molecule has 0 radical (unpaired) electrons. The van der Waals surface area contributed by atoms with Gasteiger partial charge in [-0.2, -0.15) is 0 Å². The van der Waals surface area contributed by atoms with Gasteiger partial charge in [0.15, 0.2) is 0 Å². The number of aromatic nitrogens is 6. The second-order valence-electron chi connectivity index (χ2n) is 13.3. The number of amides is 1. The lowest BCUT2D eigenvalue weighted by Crippen LogP contribution is -2.15. The number of rotatable bonds is 14. The molecule has 56 heavy (non-hydrogen) atoms.